The maximum Gasteiger partial charge on any atom is 0.343 e. The van der Waals surface area contributed by atoms with Crippen molar-refractivity contribution < 1.29 is 9.53 Å². The van der Waals surface area contributed by atoms with Crippen LogP contribution in [-0.4, -0.2) is 27.5 Å². The molecule has 0 radical (unpaired) electrons. The van der Waals surface area contributed by atoms with Crippen LogP contribution in [0.2, 0.25) is 0 Å². The highest BCUT2D eigenvalue weighted by atomic mass is 79.9. The highest BCUT2D eigenvalue weighted by Crippen LogP contribution is 2.20. The van der Waals surface area contributed by atoms with E-state index in [1.165, 1.54) is 6.20 Å². The lowest BCUT2D eigenvalue weighted by molar-refractivity contribution is 0.0527. The molecule has 2 aromatic rings. The molecule has 2 rings (SSSR count). The van der Waals surface area contributed by atoms with E-state index in [0.29, 0.717) is 11.4 Å². The lowest BCUT2D eigenvalue weighted by atomic mass is 10.2. The lowest BCUT2D eigenvalue weighted by Gasteiger charge is -2.06. The van der Waals surface area contributed by atoms with E-state index in [9.17, 15) is 4.79 Å². The highest BCUT2D eigenvalue weighted by Gasteiger charge is 2.14. The Labute approximate surface area is 118 Å². The van der Waals surface area contributed by atoms with Gasteiger partial charge in [0.2, 0.25) is 0 Å². The normalized spacial score (nSPS) is 10.2. The Morgan fingerprint density at radius 2 is 2.21 bits per heavy atom. The van der Waals surface area contributed by atoms with Crippen LogP contribution in [0.3, 0.4) is 0 Å². The molecule has 0 aliphatic rings. The van der Waals surface area contributed by atoms with Crippen molar-refractivity contribution in [1.29, 1.82) is 0 Å². The first kappa shape index (κ1) is 13.4. The van der Waals surface area contributed by atoms with Gasteiger partial charge in [-0.05, 0) is 28.9 Å². The molecule has 0 amide bonds. The molecule has 0 saturated carbocycles. The Balaban J connectivity index is 2.36. The Bertz CT molecular complexity index is 618. The summed E-state index contributed by atoms with van der Waals surface area (Å²) in [6.45, 7) is 1.99. The van der Waals surface area contributed by atoms with Crippen molar-refractivity contribution in [2.75, 3.05) is 12.3 Å². The van der Waals surface area contributed by atoms with E-state index >= 15 is 0 Å². The molecule has 0 fully saturated rings. The van der Waals surface area contributed by atoms with Gasteiger partial charge in [-0.1, -0.05) is 0 Å². The summed E-state index contributed by atoms with van der Waals surface area (Å²) in [6, 6.07) is 1.81. The third-order valence-corrected chi connectivity index (χ3v) is 2.71. The van der Waals surface area contributed by atoms with Gasteiger partial charge in [-0.25, -0.2) is 14.8 Å². The fourth-order valence-electron chi connectivity index (χ4n) is 1.43. The summed E-state index contributed by atoms with van der Waals surface area (Å²) in [6.07, 6.45) is 4.62. The SMILES string of the molecule is CCOC(=O)c1cnc(-c2cncc(Br)c2)nc1N. The van der Waals surface area contributed by atoms with E-state index in [4.69, 9.17) is 10.5 Å². The molecule has 0 aromatic carbocycles. The molecule has 2 heterocycles. The topological polar surface area (TPSA) is 91.0 Å². The number of aromatic nitrogens is 3. The first-order valence-corrected chi connectivity index (χ1v) is 6.31. The Kier molecular flexibility index (Phi) is 4.06. The summed E-state index contributed by atoms with van der Waals surface area (Å²) in [4.78, 5) is 23.8. The molecule has 0 aliphatic heterocycles. The molecule has 0 aliphatic carbocycles. The van der Waals surface area contributed by atoms with Crippen LogP contribution >= 0.6 is 15.9 Å². The van der Waals surface area contributed by atoms with Crippen molar-refractivity contribution in [2.24, 2.45) is 0 Å². The van der Waals surface area contributed by atoms with Gasteiger partial charge in [0.05, 0.1) is 6.61 Å². The van der Waals surface area contributed by atoms with Crippen molar-refractivity contribution in [3.63, 3.8) is 0 Å². The summed E-state index contributed by atoms with van der Waals surface area (Å²) in [7, 11) is 0. The van der Waals surface area contributed by atoms with Gasteiger partial charge in [-0.3, -0.25) is 4.98 Å². The van der Waals surface area contributed by atoms with Crippen LogP contribution in [0.5, 0.6) is 0 Å². The van der Waals surface area contributed by atoms with Crippen molar-refractivity contribution in [2.45, 2.75) is 6.92 Å². The van der Waals surface area contributed by atoms with Crippen molar-refractivity contribution in [1.82, 2.24) is 15.0 Å². The number of rotatable bonds is 3. The molecule has 0 spiro atoms. The van der Waals surface area contributed by atoms with Crippen LogP contribution in [0.25, 0.3) is 11.4 Å². The van der Waals surface area contributed by atoms with Gasteiger partial charge in [-0.15, -0.1) is 0 Å². The van der Waals surface area contributed by atoms with Gasteiger partial charge in [0.25, 0.3) is 0 Å². The smallest absolute Gasteiger partial charge is 0.343 e. The van der Waals surface area contributed by atoms with E-state index in [1.807, 2.05) is 6.07 Å². The van der Waals surface area contributed by atoms with Gasteiger partial charge >= 0.3 is 5.97 Å². The van der Waals surface area contributed by atoms with Crippen LogP contribution in [0.4, 0.5) is 5.82 Å². The Morgan fingerprint density at radius 1 is 1.42 bits per heavy atom. The highest BCUT2D eigenvalue weighted by molar-refractivity contribution is 9.10. The molecule has 6 nitrogen and oxygen atoms in total. The molecule has 19 heavy (non-hydrogen) atoms. The first-order valence-electron chi connectivity index (χ1n) is 5.52. The zero-order valence-electron chi connectivity index (χ0n) is 10.1. The molecular formula is C12H11BrN4O2. The van der Waals surface area contributed by atoms with Gasteiger partial charge in [-0.2, -0.15) is 0 Å². The summed E-state index contributed by atoms with van der Waals surface area (Å²) in [5, 5.41) is 0. The van der Waals surface area contributed by atoms with E-state index in [0.717, 1.165) is 4.47 Å². The second kappa shape index (κ2) is 5.75. The summed E-state index contributed by atoms with van der Waals surface area (Å²) in [5.41, 5.74) is 6.61. The molecule has 0 atom stereocenters. The van der Waals surface area contributed by atoms with E-state index < -0.39 is 5.97 Å². The van der Waals surface area contributed by atoms with Gasteiger partial charge in [0, 0.05) is 28.6 Å². The number of carbonyl (C=O) groups excluding carboxylic acids is 1. The van der Waals surface area contributed by atoms with Crippen LogP contribution in [0.1, 0.15) is 17.3 Å². The third kappa shape index (κ3) is 3.05. The fourth-order valence-corrected chi connectivity index (χ4v) is 1.80. The maximum absolute atomic E-state index is 11.6. The van der Waals surface area contributed by atoms with E-state index in [2.05, 4.69) is 30.9 Å². The average molecular weight is 323 g/mol. The average Bonchev–Trinajstić information content (AvgIpc) is 2.38. The molecule has 2 aromatic heterocycles. The van der Waals surface area contributed by atoms with Crippen molar-refractivity contribution in [3.05, 3.63) is 34.7 Å². The molecular weight excluding hydrogens is 312 g/mol. The molecule has 0 bridgehead atoms. The molecule has 7 heteroatoms. The van der Waals surface area contributed by atoms with E-state index in [1.54, 1.807) is 19.3 Å². The summed E-state index contributed by atoms with van der Waals surface area (Å²) < 4.78 is 5.66. The van der Waals surface area contributed by atoms with Crippen molar-refractivity contribution >= 4 is 27.7 Å². The minimum absolute atomic E-state index is 0.0865. The van der Waals surface area contributed by atoms with Gasteiger partial charge in [0.1, 0.15) is 11.4 Å². The minimum Gasteiger partial charge on any atom is -0.462 e. The van der Waals surface area contributed by atoms with Gasteiger partial charge in [0.15, 0.2) is 5.82 Å². The second-order valence-corrected chi connectivity index (χ2v) is 4.52. The number of ether oxygens (including phenoxy) is 1. The summed E-state index contributed by atoms with van der Waals surface area (Å²) in [5.74, 6) is -0.0401. The second-order valence-electron chi connectivity index (χ2n) is 3.60. The quantitative estimate of drug-likeness (QED) is 0.870. The largest absolute Gasteiger partial charge is 0.462 e. The lowest BCUT2D eigenvalue weighted by Crippen LogP contribution is -2.10. The first-order chi connectivity index (χ1) is 9.11. The monoisotopic (exact) mass is 322 g/mol. The predicted molar refractivity (Wildman–Crippen MR) is 73.3 cm³/mol. The number of hydrogen-bond acceptors (Lipinski definition) is 6. The van der Waals surface area contributed by atoms with Crippen LogP contribution in [-0.2, 0) is 4.74 Å². The third-order valence-electron chi connectivity index (χ3n) is 2.28. The predicted octanol–water partition coefficient (Wildman–Crippen LogP) is 2.06. The number of pyridine rings is 1. The Hall–Kier alpha value is -2.02. The zero-order valence-corrected chi connectivity index (χ0v) is 11.7. The van der Waals surface area contributed by atoms with Crippen LogP contribution in [0, 0.1) is 0 Å². The molecule has 2 N–H and O–H groups in total. The molecule has 0 saturated heterocycles. The minimum atomic E-state index is -0.529. The number of carbonyl (C=O) groups is 1. The Morgan fingerprint density at radius 3 is 2.84 bits per heavy atom. The fraction of sp³-hybridized carbons (Fsp3) is 0.167. The number of nitrogens with zero attached hydrogens (tertiary/aromatic N) is 3. The standard InChI is InChI=1S/C12H11BrN4O2/c1-2-19-12(18)9-6-16-11(17-10(9)14)7-3-8(13)5-15-4-7/h3-6H,2H2,1H3,(H2,14,16,17). The number of nitrogen functional groups attached to an aromatic ring is 1. The number of halogens is 1. The summed E-state index contributed by atoms with van der Waals surface area (Å²) >= 11 is 3.31. The molecule has 98 valence electrons. The molecule has 0 unspecified atom stereocenters. The maximum atomic E-state index is 11.6. The van der Waals surface area contributed by atoms with Crippen LogP contribution < -0.4 is 5.73 Å². The number of anilines is 1. The van der Waals surface area contributed by atoms with Crippen molar-refractivity contribution in [3.8, 4) is 11.4 Å². The van der Waals surface area contributed by atoms with Crippen LogP contribution in [0.15, 0.2) is 29.1 Å². The van der Waals surface area contributed by atoms with E-state index in [-0.39, 0.29) is 18.0 Å². The zero-order chi connectivity index (χ0) is 13.8. The van der Waals surface area contributed by atoms with Gasteiger partial charge < -0.3 is 10.5 Å². The number of esters is 1. The number of hydrogen-bond donors (Lipinski definition) is 1. The number of nitrogens with two attached hydrogens (primary N) is 1.